The number of H-pyrrole nitrogens is 1. The molecule has 30 heavy (non-hydrogen) atoms. The molecule has 1 heterocycles. The summed E-state index contributed by atoms with van der Waals surface area (Å²) in [6, 6.07) is 5.72. The molecule has 0 saturated carbocycles. The number of carbonyl (C=O) groups excluding carboxylic acids is 2. The number of fused-ring (bicyclic) bond motifs is 1. The maximum absolute atomic E-state index is 12.7. The second-order valence-electron chi connectivity index (χ2n) is 7.87. The van der Waals surface area contributed by atoms with Gasteiger partial charge in [0.2, 0.25) is 5.91 Å². The number of carboxylic acid groups (broad SMARTS) is 1. The molecule has 0 radical (unpaired) electrons. The Bertz CT molecular complexity index is 861. The van der Waals surface area contributed by atoms with E-state index in [1.807, 2.05) is 30.5 Å². The SMILES string of the molecule is CC(C)CCCOC(=O)[C@@H](Cc1c[nH]c2ccccc12)NC(=O)CC[C@@H](N)C(=O)O. The van der Waals surface area contributed by atoms with Gasteiger partial charge < -0.3 is 25.9 Å². The lowest BCUT2D eigenvalue weighted by atomic mass is 10.0. The summed E-state index contributed by atoms with van der Waals surface area (Å²) in [6.07, 6.45) is 3.69. The molecule has 8 nitrogen and oxygen atoms in total. The average molecular weight is 418 g/mol. The predicted molar refractivity (Wildman–Crippen MR) is 114 cm³/mol. The molecule has 1 aromatic carbocycles. The molecule has 0 bridgehead atoms. The first-order valence-corrected chi connectivity index (χ1v) is 10.3. The molecule has 0 spiro atoms. The molecule has 0 aliphatic heterocycles. The summed E-state index contributed by atoms with van der Waals surface area (Å²) in [5.74, 6) is -1.58. The van der Waals surface area contributed by atoms with E-state index in [1.165, 1.54) is 0 Å². The number of carbonyl (C=O) groups is 3. The summed E-state index contributed by atoms with van der Waals surface area (Å²) >= 11 is 0. The van der Waals surface area contributed by atoms with E-state index in [0.717, 1.165) is 29.3 Å². The highest BCUT2D eigenvalue weighted by Crippen LogP contribution is 2.19. The van der Waals surface area contributed by atoms with Gasteiger partial charge in [0.25, 0.3) is 0 Å². The van der Waals surface area contributed by atoms with Gasteiger partial charge in [-0.3, -0.25) is 9.59 Å². The van der Waals surface area contributed by atoms with E-state index in [1.54, 1.807) is 0 Å². The third-order valence-electron chi connectivity index (χ3n) is 4.89. The number of amides is 1. The van der Waals surface area contributed by atoms with Crippen molar-refractivity contribution >= 4 is 28.7 Å². The van der Waals surface area contributed by atoms with Crippen LogP contribution < -0.4 is 11.1 Å². The third kappa shape index (κ3) is 7.18. The summed E-state index contributed by atoms with van der Waals surface area (Å²) in [5, 5.41) is 12.5. The van der Waals surface area contributed by atoms with Gasteiger partial charge in [-0.05, 0) is 36.8 Å². The van der Waals surface area contributed by atoms with Crippen LogP contribution in [0.3, 0.4) is 0 Å². The zero-order valence-electron chi connectivity index (χ0n) is 17.5. The van der Waals surface area contributed by atoms with Crippen molar-refractivity contribution in [2.75, 3.05) is 6.61 Å². The highest BCUT2D eigenvalue weighted by Gasteiger charge is 2.24. The number of rotatable bonds is 12. The van der Waals surface area contributed by atoms with Crippen molar-refractivity contribution in [2.24, 2.45) is 11.7 Å². The third-order valence-corrected chi connectivity index (χ3v) is 4.89. The molecule has 0 aliphatic carbocycles. The Labute approximate surface area is 176 Å². The van der Waals surface area contributed by atoms with E-state index in [4.69, 9.17) is 15.6 Å². The Kier molecular flexibility index (Phi) is 8.86. The molecule has 1 amide bonds. The predicted octanol–water partition coefficient (Wildman–Crippen LogP) is 2.37. The topological polar surface area (TPSA) is 135 Å². The second kappa shape index (κ2) is 11.3. The minimum absolute atomic E-state index is 0.00952. The minimum atomic E-state index is -1.16. The Morgan fingerprint density at radius 3 is 2.63 bits per heavy atom. The molecule has 8 heteroatoms. The second-order valence-corrected chi connectivity index (χ2v) is 7.87. The molecule has 2 atom stereocenters. The molecule has 2 aromatic rings. The fraction of sp³-hybridized carbons (Fsp3) is 0.500. The zero-order chi connectivity index (χ0) is 22.1. The van der Waals surface area contributed by atoms with Crippen molar-refractivity contribution in [1.29, 1.82) is 0 Å². The van der Waals surface area contributed by atoms with E-state index >= 15 is 0 Å². The molecule has 0 fully saturated rings. The zero-order valence-corrected chi connectivity index (χ0v) is 17.5. The minimum Gasteiger partial charge on any atom is -0.480 e. The number of nitrogens with one attached hydrogen (secondary N) is 2. The van der Waals surface area contributed by atoms with Crippen LogP contribution in [0.1, 0.15) is 45.1 Å². The smallest absolute Gasteiger partial charge is 0.328 e. The summed E-state index contributed by atoms with van der Waals surface area (Å²) in [7, 11) is 0. The number of hydrogen-bond donors (Lipinski definition) is 4. The lowest BCUT2D eigenvalue weighted by Gasteiger charge is -2.18. The Morgan fingerprint density at radius 2 is 1.93 bits per heavy atom. The number of hydrogen-bond acceptors (Lipinski definition) is 5. The lowest BCUT2D eigenvalue weighted by Crippen LogP contribution is -2.44. The highest BCUT2D eigenvalue weighted by molar-refractivity contribution is 5.87. The Morgan fingerprint density at radius 1 is 1.20 bits per heavy atom. The number of nitrogens with two attached hydrogens (primary N) is 1. The van der Waals surface area contributed by atoms with Gasteiger partial charge in [-0.25, -0.2) is 4.79 Å². The summed E-state index contributed by atoms with van der Waals surface area (Å²) < 4.78 is 5.40. The first-order chi connectivity index (χ1) is 14.3. The molecule has 0 aliphatic rings. The van der Waals surface area contributed by atoms with Crippen LogP contribution in [0.2, 0.25) is 0 Å². The maximum atomic E-state index is 12.7. The van der Waals surface area contributed by atoms with Crippen LogP contribution in [0.5, 0.6) is 0 Å². The van der Waals surface area contributed by atoms with E-state index in [-0.39, 0.29) is 19.3 Å². The van der Waals surface area contributed by atoms with Crippen LogP contribution >= 0.6 is 0 Å². The van der Waals surface area contributed by atoms with Crippen molar-refractivity contribution in [3.05, 3.63) is 36.0 Å². The van der Waals surface area contributed by atoms with E-state index < -0.39 is 29.9 Å². The van der Waals surface area contributed by atoms with Crippen molar-refractivity contribution in [2.45, 2.75) is 58.0 Å². The van der Waals surface area contributed by atoms with Crippen LogP contribution in [0, 0.1) is 5.92 Å². The first kappa shape index (κ1) is 23.4. The molecule has 1 aromatic heterocycles. The highest BCUT2D eigenvalue weighted by atomic mass is 16.5. The number of aromatic nitrogens is 1. The van der Waals surface area contributed by atoms with Crippen molar-refractivity contribution in [3.63, 3.8) is 0 Å². The lowest BCUT2D eigenvalue weighted by molar-refractivity contribution is -0.148. The van der Waals surface area contributed by atoms with Gasteiger partial charge in [-0.15, -0.1) is 0 Å². The van der Waals surface area contributed by atoms with Crippen molar-refractivity contribution in [3.8, 4) is 0 Å². The largest absolute Gasteiger partial charge is 0.480 e. The summed E-state index contributed by atoms with van der Waals surface area (Å²) in [6.45, 7) is 4.49. The van der Waals surface area contributed by atoms with Crippen molar-refractivity contribution < 1.29 is 24.2 Å². The standard InChI is InChI=1S/C22H31N3O5/c1-14(2)6-5-11-30-22(29)19(25-20(26)10-9-17(23)21(27)28)12-15-13-24-18-8-4-3-7-16(15)18/h3-4,7-8,13-14,17,19,24H,5-6,9-12,23H2,1-2H3,(H,25,26)(H,27,28)/t17-,19-/m1/s1. The molecule has 2 rings (SSSR count). The summed E-state index contributed by atoms with van der Waals surface area (Å²) in [5.41, 5.74) is 7.28. The van der Waals surface area contributed by atoms with E-state index in [0.29, 0.717) is 12.5 Å². The number of para-hydroxylation sites is 1. The molecule has 0 saturated heterocycles. The van der Waals surface area contributed by atoms with Crippen LogP contribution in [-0.2, 0) is 25.5 Å². The first-order valence-electron chi connectivity index (χ1n) is 10.3. The van der Waals surface area contributed by atoms with Crippen LogP contribution in [0.15, 0.2) is 30.5 Å². The molecule has 5 N–H and O–H groups in total. The number of aromatic amines is 1. The summed E-state index contributed by atoms with van der Waals surface area (Å²) in [4.78, 5) is 39.0. The average Bonchev–Trinajstić information content (AvgIpc) is 3.11. The van der Waals surface area contributed by atoms with Crippen LogP contribution in [-0.4, -0.2) is 46.6 Å². The van der Waals surface area contributed by atoms with Crippen molar-refractivity contribution in [1.82, 2.24) is 10.3 Å². The monoisotopic (exact) mass is 417 g/mol. The number of benzene rings is 1. The normalized spacial score (nSPS) is 13.2. The maximum Gasteiger partial charge on any atom is 0.328 e. The van der Waals surface area contributed by atoms with Gasteiger partial charge in [-0.2, -0.15) is 0 Å². The van der Waals surface area contributed by atoms with Gasteiger partial charge >= 0.3 is 11.9 Å². The molecule has 0 unspecified atom stereocenters. The Balaban J connectivity index is 2.04. The fourth-order valence-electron chi connectivity index (χ4n) is 3.16. The van der Waals surface area contributed by atoms with Gasteiger partial charge in [0.05, 0.1) is 6.61 Å². The van der Waals surface area contributed by atoms with Gasteiger partial charge in [0.15, 0.2) is 0 Å². The number of ether oxygens (including phenoxy) is 1. The van der Waals surface area contributed by atoms with E-state index in [9.17, 15) is 14.4 Å². The molecular formula is C22H31N3O5. The molecule has 164 valence electrons. The number of carboxylic acids is 1. The quantitative estimate of drug-likeness (QED) is 0.309. The van der Waals surface area contributed by atoms with Gasteiger partial charge in [-0.1, -0.05) is 32.0 Å². The van der Waals surface area contributed by atoms with Gasteiger partial charge in [0, 0.05) is 29.9 Å². The Hall–Kier alpha value is -2.87. The van der Waals surface area contributed by atoms with E-state index in [2.05, 4.69) is 24.1 Å². The number of aliphatic carboxylic acids is 1. The number of esters is 1. The van der Waals surface area contributed by atoms with Gasteiger partial charge in [0.1, 0.15) is 12.1 Å². The van der Waals surface area contributed by atoms with Crippen LogP contribution in [0.25, 0.3) is 10.9 Å². The molecular weight excluding hydrogens is 386 g/mol. The van der Waals surface area contributed by atoms with Crippen LogP contribution in [0.4, 0.5) is 0 Å². The fourth-order valence-corrected chi connectivity index (χ4v) is 3.16.